The third-order valence-corrected chi connectivity index (χ3v) is 7.64. The summed E-state index contributed by atoms with van der Waals surface area (Å²) in [7, 11) is 1.32. The fraction of sp³-hybridized carbons (Fsp3) is 0.179. The molecule has 6 rings (SSSR count). The maximum absolute atomic E-state index is 14.1. The Hall–Kier alpha value is -5.59. The standard InChI is InChI=1S/C28H21N5O8/c1-41-22-13-11-18(33(39)40)14-21(22)31-27(35)23-20-12-6-15-4-2-3-5-19(15)30(20)25(24(23)28(31)36)26(34)29-16-7-9-17(10-8-16)32(37)38/h2-14,20,23-25H,1H3,(H,29,34)/t20-,23+,24+,25-/m1/s1. The molecule has 206 valence electrons. The minimum atomic E-state index is -1.14. The molecule has 0 radical (unpaired) electrons. The average Bonchev–Trinajstić information content (AvgIpc) is 3.45. The second kappa shape index (κ2) is 9.55. The minimum absolute atomic E-state index is 0.0765. The molecule has 0 aromatic heterocycles. The molecule has 4 atom stereocenters. The van der Waals surface area contributed by atoms with Crippen molar-refractivity contribution in [3.05, 3.63) is 98.6 Å². The van der Waals surface area contributed by atoms with Gasteiger partial charge in [0.15, 0.2) is 0 Å². The number of nitro benzene ring substituents is 2. The third kappa shape index (κ3) is 3.97. The molecule has 2 saturated heterocycles. The van der Waals surface area contributed by atoms with E-state index in [1.54, 1.807) is 23.1 Å². The smallest absolute Gasteiger partial charge is 0.271 e. The number of carbonyl (C=O) groups excluding carboxylic acids is 3. The summed E-state index contributed by atoms with van der Waals surface area (Å²) in [5.74, 6) is -3.90. The van der Waals surface area contributed by atoms with Crippen LogP contribution in [0.2, 0.25) is 0 Å². The van der Waals surface area contributed by atoms with Crippen LogP contribution in [0.4, 0.5) is 28.4 Å². The van der Waals surface area contributed by atoms with Crippen LogP contribution in [0, 0.1) is 32.1 Å². The molecule has 3 aliphatic rings. The number of amides is 3. The van der Waals surface area contributed by atoms with E-state index in [1.165, 1.54) is 43.5 Å². The Labute approximate surface area is 231 Å². The SMILES string of the molecule is COc1ccc([N+](=O)[O-])cc1N1C(=O)[C@@H]2[C@H](C1=O)[C@H](C(=O)Nc1ccc([N+](=O)[O-])cc1)N1c3ccccc3C=C[C@H]21. The number of rotatable bonds is 6. The molecule has 3 heterocycles. The van der Waals surface area contributed by atoms with Crippen molar-refractivity contribution in [3.8, 4) is 5.75 Å². The molecule has 13 heteroatoms. The lowest BCUT2D eigenvalue weighted by molar-refractivity contribution is -0.385. The Morgan fingerprint density at radius 1 is 0.878 bits per heavy atom. The summed E-state index contributed by atoms with van der Waals surface area (Å²) >= 11 is 0. The van der Waals surface area contributed by atoms with Crippen LogP contribution >= 0.6 is 0 Å². The first-order chi connectivity index (χ1) is 19.7. The van der Waals surface area contributed by atoms with Gasteiger partial charge in [0.05, 0.1) is 34.8 Å². The van der Waals surface area contributed by atoms with E-state index in [9.17, 15) is 34.6 Å². The Morgan fingerprint density at radius 2 is 1.54 bits per heavy atom. The van der Waals surface area contributed by atoms with E-state index in [4.69, 9.17) is 4.74 Å². The molecule has 0 bridgehead atoms. The molecule has 1 N–H and O–H groups in total. The van der Waals surface area contributed by atoms with Gasteiger partial charge in [-0.25, -0.2) is 4.90 Å². The van der Waals surface area contributed by atoms with Crippen LogP contribution in [-0.2, 0) is 14.4 Å². The predicted octanol–water partition coefficient (Wildman–Crippen LogP) is 3.54. The number of anilines is 3. The van der Waals surface area contributed by atoms with Crippen molar-refractivity contribution in [2.45, 2.75) is 12.1 Å². The minimum Gasteiger partial charge on any atom is -0.495 e. The van der Waals surface area contributed by atoms with Crippen molar-refractivity contribution in [3.63, 3.8) is 0 Å². The predicted molar refractivity (Wildman–Crippen MR) is 146 cm³/mol. The van der Waals surface area contributed by atoms with Gasteiger partial charge >= 0.3 is 0 Å². The summed E-state index contributed by atoms with van der Waals surface area (Å²) in [6.45, 7) is 0. The number of nitrogens with one attached hydrogen (secondary N) is 1. The molecule has 2 fully saturated rings. The molecule has 3 aromatic rings. The molecule has 13 nitrogen and oxygen atoms in total. The summed E-state index contributed by atoms with van der Waals surface area (Å²) in [6, 6.07) is 14.3. The lowest BCUT2D eigenvalue weighted by Crippen LogP contribution is -2.50. The first kappa shape index (κ1) is 25.7. The number of carbonyl (C=O) groups is 3. The monoisotopic (exact) mass is 555 g/mol. The van der Waals surface area contributed by atoms with Crippen LogP contribution < -0.4 is 19.9 Å². The van der Waals surface area contributed by atoms with Crippen LogP contribution in [0.3, 0.4) is 0 Å². The number of imide groups is 1. The van der Waals surface area contributed by atoms with Gasteiger partial charge in [-0.3, -0.25) is 34.6 Å². The van der Waals surface area contributed by atoms with Crippen molar-refractivity contribution in [2.75, 3.05) is 22.2 Å². The lowest BCUT2D eigenvalue weighted by Gasteiger charge is -2.36. The van der Waals surface area contributed by atoms with Gasteiger partial charge in [0.25, 0.3) is 11.4 Å². The largest absolute Gasteiger partial charge is 0.495 e. The van der Waals surface area contributed by atoms with Gasteiger partial charge in [-0.15, -0.1) is 0 Å². The molecule has 0 aliphatic carbocycles. The maximum Gasteiger partial charge on any atom is 0.271 e. The molecule has 3 aromatic carbocycles. The van der Waals surface area contributed by atoms with Gasteiger partial charge in [-0.05, 0) is 29.8 Å². The number of fused-ring (bicyclic) bond motifs is 5. The van der Waals surface area contributed by atoms with Crippen molar-refractivity contribution in [1.82, 2.24) is 0 Å². The average molecular weight is 556 g/mol. The second-order valence-corrected chi connectivity index (χ2v) is 9.73. The number of non-ortho nitro benzene ring substituents is 2. The van der Waals surface area contributed by atoms with Crippen LogP contribution in [0.15, 0.2) is 72.8 Å². The summed E-state index contributed by atoms with van der Waals surface area (Å²) in [5.41, 5.74) is 1.17. The van der Waals surface area contributed by atoms with Gasteiger partial charge in [-0.1, -0.05) is 30.4 Å². The number of nitro groups is 2. The van der Waals surface area contributed by atoms with E-state index in [2.05, 4.69) is 5.32 Å². The number of hydrogen-bond donors (Lipinski definition) is 1. The Bertz CT molecular complexity index is 1670. The normalized spacial score (nSPS) is 22.2. The number of nitrogens with zero attached hydrogens (tertiary/aromatic N) is 4. The molecule has 0 saturated carbocycles. The van der Waals surface area contributed by atoms with Gasteiger partial charge in [0, 0.05) is 35.6 Å². The van der Waals surface area contributed by atoms with Crippen molar-refractivity contribution >= 4 is 52.2 Å². The number of benzene rings is 3. The number of hydrogen-bond acceptors (Lipinski definition) is 9. The third-order valence-electron chi connectivity index (χ3n) is 7.64. The fourth-order valence-electron chi connectivity index (χ4n) is 5.90. The summed E-state index contributed by atoms with van der Waals surface area (Å²) in [5, 5.41) is 25.3. The second-order valence-electron chi connectivity index (χ2n) is 9.73. The maximum atomic E-state index is 14.1. The van der Waals surface area contributed by atoms with Gasteiger partial charge < -0.3 is 15.0 Å². The van der Waals surface area contributed by atoms with E-state index < -0.39 is 51.5 Å². The zero-order chi connectivity index (χ0) is 29.0. The number of methoxy groups -OCH3 is 1. The molecular weight excluding hydrogens is 534 g/mol. The van der Waals surface area contributed by atoms with Gasteiger partial charge in [0.2, 0.25) is 17.7 Å². The highest BCUT2D eigenvalue weighted by molar-refractivity contribution is 6.26. The summed E-state index contributed by atoms with van der Waals surface area (Å²) in [4.78, 5) is 65.9. The lowest BCUT2D eigenvalue weighted by atomic mass is 9.88. The quantitative estimate of drug-likeness (QED) is 0.272. The highest BCUT2D eigenvalue weighted by Gasteiger charge is 2.64. The van der Waals surface area contributed by atoms with E-state index in [-0.39, 0.29) is 28.5 Å². The molecular formula is C28H21N5O8. The van der Waals surface area contributed by atoms with E-state index in [0.717, 1.165) is 16.5 Å². The van der Waals surface area contributed by atoms with E-state index in [0.29, 0.717) is 5.69 Å². The van der Waals surface area contributed by atoms with Crippen molar-refractivity contribution in [2.24, 2.45) is 11.8 Å². The Balaban J connectivity index is 1.43. The molecule has 41 heavy (non-hydrogen) atoms. The Kier molecular flexibility index (Phi) is 5.98. The van der Waals surface area contributed by atoms with Gasteiger partial charge in [0.1, 0.15) is 17.5 Å². The molecule has 0 unspecified atom stereocenters. The summed E-state index contributed by atoms with van der Waals surface area (Å²) in [6.07, 6.45) is 3.61. The number of para-hydroxylation sites is 1. The zero-order valence-electron chi connectivity index (χ0n) is 21.4. The van der Waals surface area contributed by atoms with E-state index in [1.807, 2.05) is 18.2 Å². The molecule has 0 spiro atoms. The van der Waals surface area contributed by atoms with Gasteiger partial charge in [-0.2, -0.15) is 0 Å². The van der Waals surface area contributed by atoms with Crippen LogP contribution in [0.25, 0.3) is 6.08 Å². The zero-order valence-corrected chi connectivity index (χ0v) is 21.4. The van der Waals surface area contributed by atoms with Crippen LogP contribution in [-0.4, -0.2) is 46.8 Å². The summed E-state index contributed by atoms with van der Waals surface area (Å²) < 4.78 is 5.32. The highest BCUT2D eigenvalue weighted by Crippen LogP contribution is 2.50. The van der Waals surface area contributed by atoms with E-state index >= 15 is 0 Å². The first-order valence-corrected chi connectivity index (χ1v) is 12.5. The molecule has 3 aliphatic heterocycles. The molecule has 3 amide bonds. The van der Waals surface area contributed by atoms with Crippen LogP contribution in [0.1, 0.15) is 5.56 Å². The van der Waals surface area contributed by atoms with Crippen molar-refractivity contribution < 1.29 is 29.0 Å². The topological polar surface area (TPSA) is 165 Å². The Morgan fingerprint density at radius 3 is 2.22 bits per heavy atom. The van der Waals surface area contributed by atoms with Crippen LogP contribution in [0.5, 0.6) is 5.75 Å². The highest BCUT2D eigenvalue weighted by atomic mass is 16.6. The first-order valence-electron chi connectivity index (χ1n) is 12.5. The van der Waals surface area contributed by atoms with Crippen molar-refractivity contribution in [1.29, 1.82) is 0 Å². The fourth-order valence-corrected chi connectivity index (χ4v) is 5.90. The number of ether oxygens (including phenoxy) is 1.